The molecule has 6 nitrogen and oxygen atoms in total. The molecule has 1 fully saturated rings. The molecule has 154 valence electrons. The number of ether oxygens (including phenoxy) is 2. The molecule has 29 heavy (non-hydrogen) atoms. The standard InChI is InChI=1S/C21H22Cl2N2O4/c1-28-15-5-7-16(8-6-15)29-12-10-24-20(26)19-3-2-11-25(19)21(27)17-13-14(22)4-9-18(17)23/h4-9,13,19H,2-3,10-12H2,1H3,(H,24,26). The van der Waals surface area contributed by atoms with E-state index in [4.69, 9.17) is 32.7 Å². The van der Waals surface area contributed by atoms with E-state index in [0.29, 0.717) is 47.5 Å². The van der Waals surface area contributed by atoms with E-state index in [9.17, 15) is 9.59 Å². The molecule has 1 aliphatic heterocycles. The van der Waals surface area contributed by atoms with Gasteiger partial charge in [0.05, 0.1) is 24.2 Å². The molecule has 1 unspecified atom stereocenters. The molecule has 1 atom stereocenters. The van der Waals surface area contributed by atoms with Gasteiger partial charge in [-0.1, -0.05) is 23.2 Å². The molecule has 0 saturated carbocycles. The minimum Gasteiger partial charge on any atom is -0.497 e. The van der Waals surface area contributed by atoms with Crippen LogP contribution in [0.3, 0.4) is 0 Å². The van der Waals surface area contributed by atoms with Crippen molar-refractivity contribution >= 4 is 35.0 Å². The van der Waals surface area contributed by atoms with E-state index in [1.807, 2.05) is 0 Å². The highest BCUT2D eigenvalue weighted by molar-refractivity contribution is 6.35. The zero-order chi connectivity index (χ0) is 20.8. The van der Waals surface area contributed by atoms with Crippen molar-refractivity contribution in [2.45, 2.75) is 18.9 Å². The number of methoxy groups -OCH3 is 1. The summed E-state index contributed by atoms with van der Waals surface area (Å²) in [4.78, 5) is 27.0. The van der Waals surface area contributed by atoms with Crippen molar-refractivity contribution in [3.05, 3.63) is 58.1 Å². The van der Waals surface area contributed by atoms with Crippen LogP contribution in [0.2, 0.25) is 10.0 Å². The van der Waals surface area contributed by atoms with E-state index in [-0.39, 0.29) is 11.8 Å². The third-order valence-corrected chi connectivity index (χ3v) is 5.27. The number of halogens is 2. The van der Waals surface area contributed by atoms with Crippen molar-refractivity contribution in [1.29, 1.82) is 0 Å². The second-order valence-corrected chi connectivity index (χ2v) is 7.44. The maximum atomic E-state index is 12.9. The van der Waals surface area contributed by atoms with Crippen LogP contribution in [0.5, 0.6) is 11.5 Å². The zero-order valence-corrected chi connectivity index (χ0v) is 17.5. The van der Waals surface area contributed by atoms with E-state index in [2.05, 4.69) is 5.32 Å². The molecular formula is C21H22Cl2N2O4. The molecule has 2 aromatic rings. The van der Waals surface area contributed by atoms with E-state index in [0.717, 1.165) is 12.2 Å². The SMILES string of the molecule is COc1ccc(OCCNC(=O)C2CCCN2C(=O)c2cc(Cl)ccc2Cl)cc1. The van der Waals surface area contributed by atoms with Crippen LogP contribution in [0.4, 0.5) is 0 Å². The molecule has 8 heteroatoms. The van der Waals surface area contributed by atoms with Gasteiger partial charge in [0.1, 0.15) is 24.1 Å². The van der Waals surface area contributed by atoms with Crippen LogP contribution in [-0.4, -0.2) is 49.6 Å². The quantitative estimate of drug-likeness (QED) is 0.670. The Hall–Kier alpha value is -2.44. The topological polar surface area (TPSA) is 67.9 Å². The first-order chi connectivity index (χ1) is 14.0. The first-order valence-corrected chi connectivity index (χ1v) is 10.1. The number of nitrogens with zero attached hydrogens (tertiary/aromatic N) is 1. The minimum atomic E-state index is -0.529. The molecule has 0 aliphatic carbocycles. The molecule has 1 heterocycles. The number of benzene rings is 2. The molecule has 1 N–H and O–H groups in total. The molecule has 1 aliphatic rings. The Labute approximate surface area is 179 Å². The third kappa shape index (κ3) is 5.34. The van der Waals surface area contributed by atoms with Gasteiger partial charge in [-0.25, -0.2) is 0 Å². The lowest BCUT2D eigenvalue weighted by Crippen LogP contribution is -2.46. The number of likely N-dealkylation sites (tertiary alicyclic amines) is 1. The fourth-order valence-electron chi connectivity index (χ4n) is 3.23. The summed E-state index contributed by atoms with van der Waals surface area (Å²) >= 11 is 12.1. The van der Waals surface area contributed by atoms with Crippen molar-refractivity contribution < 1.29 is 19.1 Å². The van der Waals surface area contributed by atoms with E-state index in [1.165, 1.54) is 6.07 Å². The van der Waals surface area contributed by atoms with E-state index >= 15 is 0 Å². The van der Waals surface area contributed by atoms with Crippen molar-refractivity contribution in [3.8, 4) is 11.5 Å². The maximum absolute atomic E-state index is 12.9. The van der Waals surface area contributed by atoms with Gasteiger partial charge in [0.15, 0.2) is 0 Å². The summed E-state index contributed by atoms with van der Waals surface area (Å²) in [7, 11) is 1.60. The minimum absolute atomic E-state index is 0.202. The van der Waals surface area contributed by atoms with Gasteiger partial charge in [0.2, 0.25) is 5.91 Å². The van der Waals surface area contributed by atoms with Crippen LogP contribution in [0.15, 0.2) is 42.5 Å². The Morgan fingerprint density at radius 2 is 1.86 bits per heavy atom. The van der Waals surface area contributed by atoms with E-state index in [1.54, 1.807) is 48.4 Å². The average molecular weight is 437 g/mol. The number of amides is 2. The smallest absolute Gasteiger partial charge is 0.256 e. The molecule has 2 aromatic carbocycles. The van der Waals surface area contributed by atoms with Crippen molar-refractivity contribution in [1.82, 2.24) is 10.2 Å². The van der Waals surface area contributed by atoms with Gasteiger partial charge in [-0.05, 0) is 55.3 Å². The third-order valence-electron chi connectivity index (χ3n) is 4.70. The largest absolute Gasteiger partial charge is 0.497 e. The molecule has 0 radical (unpaired) electrons. The van der Waals surface area contributed by atoms with Crippen LogP contribution < -0.4 is 14.8 Å². The Kier molecular flexibility index (Phi) is 7.23. The van der Waals surface area contributed by atoms with Gasteiger partial charge in [-0.2, -0.15) is 0 Å². The summed E-state index contributed by atoms with van der Waals surface area (Å²) in [5, 5.41) is 3.58. The molecule has 1 saturated heterocycles. The van der Waals surface area contributed by atoms with Gasteiger partial charge in [-0.15, -0.1) is 0 Å². The number of carbonyl (C=O) groups excluding carboxylic acids is 2. The molecule has 0 aromatic heterocycles. The maximum Gasteiger partial charge on any atom is 0.256 e. The van der Waals surface area contributed by atoms with Crippen LogP contribution in [0.1, 0.15) is 23.2 Å². The predicted octanol–water partition coefficient (Wildman–Crippen LogP) is 3.80. The van der Waals surface area contributed by atoms with Crippen LogP contribution in [0, 0.1) is 0 Å². The zero-order valence-electron chi connectivity index (χ0n) is 16.0. The second-order valence-electron chi connectivity index (χ2n) is 6.60. The molecular weight excluding hydrogens is 415 g/mol. The summed E-state index contributed by atoms with van der Waals surface area (Å²) in [6.45, 7) is 1.16. The average Bonchev–Trinajstić information content (AvgIpc) is 3.23. The lowest BCUT2D eigenvalue weighted by Gasteiger charge is -2.24. The summed E-state index contributed by atoms with van der Waals surface area (Å²) in [5.74, 6) is 0.946. The lowest BCUT2D eigenvalue weighted by atomic mass is 10.1. The van der Waals surface area contributed by atoms with Crippen molar-refractivity contribution in [3.63, 3.8) is 0 Å². The van der Waals surface area contributed by atoms with Crippen LogP contribution >= 0.6 is 23.2 Å². The number of rotatable bonds is 7. The first-order valence-electron chi connectivity index (χ1n) is 9.30. The summed E-state index contributed by atoms with van der Waals surface area (Å²) in [5.41, 5.74) is 0.307. The summed E-state index contributed by atoms with van der Waals surface area (Å²) < 4.78 is 10.7. The van der Waals surface area contributed by atoms with Gasteiger partial charge in [0, 0.05) is 11.6 Å². The lowest BCUT2D eigenvalue weighted by molar-refractivity contribution is -0.124. The van der Waals surface area contributed by atoms with Gasteiger partial charge in [0.25, 0.3) is 5.91 Å². The van der Waals surface area contributed by atoms with Crippen LogP contribution in [0.25, 0.3) is 0 Å². The number of hydrogen-bond donors (Lipinski definition) is 1. The molecule has 0 spiro atoms. The van der Waals surface area contributed by atoms with Crippen molar-refractivity contribution in [2.75, 3.05) is 26.8 Å². The fraction of sp³-hybridized carbons (Fsp3) is 0.333. The van der Waals surface area contributed by atoms with Gasteiger partial charge < -0.3 is 19.7 Å². The Morgan fingerprint density at radius 1 is 1.14 bits per heavy atom. The Morgan fingerprint density at radius 3 is 2.59 bits per heavy atom. The highest BCUT2D eigenvalue weighted by Crippen LogP contribution is 2.26. The second kappa shape index (κ2) is 9.85. The summed E-state index contributed by atoms with van der Waals surface area (Å²) in [6.07, 6.45) is 1.36. The number of hydrogen-bond acceptors (Lipinski definition) is 4. The summed E-state index contributed by atoms with van der Waals surface area (Å²) in [6, 6.07) is 11.4. The molecule has 3 rings (SSSR count). The molecule has 2 amide bonds. The van der Waals surface area contributed by atoms with E-state index < -0.39 is 6.04 Å². The van der Waals surface area contributed by atoms with Gasteiger partial charge >= 0.3 is 0 Å². The van der Waals surface area contributed by atoms with Crippen LogP contribution in [-0.2, 0) is 4.79 Å². The Balaban J connectivity index is 1.52. The van der Waals surface area contributed by atoms with Gasteiger partial charge in [-0.3, -0.25) is 9.59 Å². The highest BCUT2D eigenvalue weighted by atomic mass is 35.5. The monoisotopic (exact) mass is 436 g/mol. The predicted molar refractivity (Wildman–Crippen MR) is 112 cm³/mol. The first kappa shape index (κ1) is 21.3. The number of carbonyl (C=O) groups is 2. The van der Waals surface area contributed by atoms with Crippen molar-refractivity contribution in [2.24, 2.45) is 0 Å². The highest BCUT2D eigenvalue weighted by Gasteiger charge is 2.35. The normalized spacial score (nSPS) is 15.8. The number of nitrogens with one attached hydrogen (secondary N) is 1. The fourth-order valence-corrected chi connectivity index (χ4v) is 3.60. The Bertz CT molecular complexity index is 873. The molecule has 0 bridgehead atoms.